The molecule has 3 atom stereocenters. The van der Waals surface area contributed by atoms with Crippen LogP contribution in [-0.4, -0.2) is 94.0 Å². The van der Waals surface area contributed by atoms with Crippen molar-refractivity contribution < 1.29 is 28.2 Å². The number of sulfonamides is 1. The molecule has 0 saturated carbocycles. The lowest BCUT2D eigenvalue weighted by molar-refractivity contribution is -0.128. The van der Waals surface area contributed by atoms with E-state index in [4.69, 9.17) is 0 Å². The Kier molecular flexibility index (Phi) is 11.8. The lowest BCUT2D eigenvalue weighted by Gasteiger charge is -2.34. The minimum atomic E-state index is -4.04. The molecular formula is C33H45N5O6S2. The van der Waals surface area contributed by atoms with Crippen LogP contribution in [-0.2, 0) is 27.8 Å². The van der Waals surface area contributed by atoms with Crippen LogP contribution in [0.2, 0.25) is 0 Å². The summed E-state index contributed by atoms with van der Waals surface area (Å²) in [5.74, 6) is -0.750. The van der Waals surface area contributed by atoms with Crippen LogP contribution in [0.15, 0.2) is 64.9 Å². The first-order chi connectivity index (χ1) is 21.8. The van der Waals surface area contributed by atoms with Crippen molar-refractivity contribution in [2.45, 2.75) is 70.7 Å². The molecule has 46 heavy (non-hydrogen) atoms. The van der Waals surface area contributed by atoms with E-state index in [1.165, 1.54) is 39.9 Å². The fraction of sp³-hybridized carbons (Fsp3) is 0.485. The van der Waals surface area contributed by atoms with E-state index in [9.17, 15) is 28.2 Å². The number of aromatic nitrogens is 1. The normalized spacial score (nSPS) is 16.0. The van der Waals surface area contributed by atoms with Crippen molar-refractivity contribution in [1.82, 2.24) is 24.4 Å². The Labute approximate surface area is 275 Å². The molecule has 250 valence electrons. The summed E-state index contributed by atoms with van der Waals surface area (Å²) >= 11 is 1.52. The van der Waals surface area contributed by atoms with Crippen LogP contribution in [0.1, 0.15) is 44.0 Å². The van der Waals surface area contributed by atoms with Crippen molar-refractivity contribution in [3.8, 4) is 5.75 Å². The Morgan fingerprint density at radius 3 is 2.30 bits per heavy atom. The largest absolute Gasteiger partial charge is 0.508 e. The molecule has 1 aliphatic rings. The van der Waals surface area contributed by atoms with Gasteiger partial charge in [0.15, 0.2) is 0 Å². The zero-order valence-corrected chi connectivity index (χ0v) is 28.7. The van der Waals surface area contributed by atoms with E-state index < -0.39 is 34.1 Å². The zero-order chi connectivity index (χ0) is 33.6. The minimum Gasteiger partial charge on any atom is -0.508 e. The third-order valence-corrected chi connectivity index (χ3v) is 10.6. The van der Waals surface area contributed by atoms with Gasteiger partial charge in [0.2, 0.25) is 15.9 Å². The molecule has 3 N–H and O–H groups in total. The topological polar surface area (TPSA) is 143 Å². The van der Waals surface area contributed by atoms with Gasteiger partial charge in [0.25, 0.3) is 0 Å². The van der Waals surface area contributed by atoms with Crippen LogP contribution in [0, 0.1) is 18.8 Å². The summed E-state index contributed by atoms with van der Waals surface area (Å²) < 4.78 is 28.6. The van der Waals surface area contributed by atoms with Crippen LogP contribution < -0.4 is 5.32 Å². The molecule has 3 aromatic rings. The predicted octanol–water partition coefficient (Wildman–Crippen LogP) is 3.85. The molecule has 1 aliphatic heterocycles. The number of aromatic hydroxyl groups is 1. The smallest absolute Gasteiger partial charge is 0.321 e. The van der Waals surface area contributed by atoms with E-state index in [0.717, 1.165) is 16.3 Å². The summed E-state index contributed by atoms with van der Waals surface area (Å²) in [6.07, 6.45) is -1.03. The number of phenolic OH excluding ortho intramolecular Hbond substituents is 1. The van der Waals surface area contributed by atoms with E-state index in [0.29, 0.717) is 19.6 Å². The molecule has 11 nitrogen and oxygen atoms in total. The first-order valence-corrected chi connectivity index (χ1v) is 17.9. The highest BCUT2D eigenvalue weighted by Crippen LogP contribution is 2.24. The summed E-state index contributed by atoms with van der Waals surface area (Å²) in [5, 5.41) is 27.2. The molecule has 4 rings (SSSR count). The number of nitrogens with zero attached hydrogens (tertiary/aromatic N) is 4. The Bertz CT molecular complexity index is 1560. The molecule has 2 heterocycles. The van der Waals surface area contributed by atoms with Gasteiger partial charge >= 0.3 is 6.03 Å². The number of benzene rings is 2. The number of carbonyl (C=O) groups is 2. The van der Waals surface area contributed by atoms with Gasteiger partial charge in [0, 0.05) is 31.6 Å². The lowest BCUT2D eigenvalue weighted by atomic mass is 9.97. The summed E-state index contributed by atoms with van der Waals surface area (Å²) in [7, 11) is -4.04. The van der Waals surface area contributed by atoms with Gasteiger partial charge in [-0.3, -0.25) is 4.79 Å². The molecule has 3 amide bonds. The Morgan fingerprint density at radius 1 is 1.04 bits per heavy atom. The van der Waals surface area contributed by atoms with E-state index in [-0.39, 0.29) is 48.0 Å². The van der Waals surface area contributed by atoms with Crippen LogP contribution in [0.5, 0.6) is 5.75 Å². The van der Waals surface area contributed by atoms with E-state index in [1.54, 1.807) is 9.80 Å². The minimum absolute atomic E-state index is 0.00780. The molecule has 13 heteroatoms. The van der Waals surface area contributed by atoms with E-state index in [1.807, 2.05) is 70.3 Å². The van der Waals surface area contributed by atoms with E-state index in [2.05, 4.69) is 10.3 Å². The quantitative estimate of drug-likeness (QED) is 0.223. The molecule has 1 aromatic heterocycles. The number of rotatable bonds is 15. The third kappa shape index (κ3) is 8.84. The number of hydrogen-bond donors (Lipinski definition) is 3. The monoisotopic (exact) mass is 671 g/mol. The van der Waals surface area contributed by atoms with Gasteiger partial charge in [-0.15, -0.1) is 11.3 Å². The number of thiazole rings is 1. The number of hydrogen-bond acceptors (Lipinski definition) is 8. The zero-order valence-electron chi connectivity index (χ0n) is 27.0. The molecule has 0 spiro atoms. The van der Waals surface area contributed by atoms with Gasteiger partial charge in [0.05, 0.1) is 34.3 Å². The van der Waals surface area contributed by atoms with Gasteiger partial charge < -0.3 is 25.3 Å². The molecule has 0 bridgehead atoms. The first-order valence-electron chi connectivity index (χ1n) is 15.5. The third-order valence-electron chi connectivity index (χ3n) is 7.91. The molecular weight excluding hydrogens is 627 g/mol. The van der Waals surface area contributed by atoms with Crippen molar-refractivity contribution in [3.05, 3.63) is 76.2 Å². The van der Waals surface area contributed by atoms with Crippen LogP contribution >= 0.6 is 11.3 Å². The number of carbonyl (C=O) groups excluding carboxylic acids is 2. The Morgan fingerprint density at radius 2 is 1.72 bits per heavy atom. The van der Waals surface area contributed by atoms with Gasteiger partial charge in [0.1, 0.15) is 11.8 Å². The number of aliphatic hydroxyl groups is 1. The second-order valence-corrected chi connectivity index (χ2v) is 15.5. The van der Waals surface area contributed by atoms with Crippen molar-refractivity contribution in [2.75, 3.05) is 26.2 Å². The molecule has 2 aromatic carbocycles. The van der Waals surface area contributed by atoms with Crippen molar-refractivity contribution >= 4 is 33.3 Å². The van der Waals surface area contributed by atoms with Gasteiger partial charge in [-0.2, -0.15) is 4.31 Å². The summed E-state index contributed by atoms with van der Waals surface area (Å²) in [5.41, 5.74) is 1.66. The maximum Gasteiger partial charge on any atom is 0.321 e. The average Bonchev–Trinajstić information content (AvgIpc) is 3.57. The molecule has 1 fully saturated rings. The molecule has 0 radical (unpaired) electrons. The highest BCUT2D eigenvalue weighted by Gasteiger charge is 2.40. The number of amides is 3. The highest BCUT2D eigenvalue weighted by atomic mass is 32.2. The number of nitrogens with one attached hydrogen (secondary N) is 1. The van der Waals surface area contributed by atoms with Gasteiger partial charge in [-0.25, -0.2) is 18.2 Å². The lowest BCUT2D eigenvalue weighted by Crippen LogP contribution is -2.57. The van der Waals surface area contributed by atoms with Gasteiger partial charge in [-0.05, 0) is 55.0 Å². The molecule has 0 aliphatic carbocycles. The fourth-order valence-electron chi connectivity index (χ4n) is 5.69. The SMILES string of the molecule is Cc1nc(CN2CCN(C(C(=O)N[C@@H](Cc3ccccc3)[C@H](O)CN(CC(C)C)S(=O)(=O)c3ccc(O)cc3)C(C)C)C2=O)cs1. The number of urea groups is 1. The van der Waals surface area contributed by atoms with Crippen LogP contribution in [0.25, 0.3) is 0 Å². The van der Waals surface area contributed by atoms with Crippen LogP contribution in [0.4, 0.5) is 4.79 Å². The second-order valence-electron chi connectivity index (χ2n) is 12.5. The average molecular weight is 672 g/mol. The number of aryl methyl sites for hydroxylation is 1. The Hall–Kier alpha value is -3.52. The van der Waals surface area contributed by atoms with Crippen molar-refractivity contribution in [1.29, 1.82) is 0 Å². The number of phenols is 1. The highest BCUT2D eigenvalue weighted by molar-refractivity contribution is 7.89. The van der Waals surface area contributed by atoms with Crippen LogP contribution in [0.3, 0.4) is 0 Å². The van der Waals surface area contributed by atoms with Crippen molar-refractivity contribution in [3.63, 3.8) is 0 Å². The van der Waals surface area contributed by atoms with E-state index >= 15 is 0 Å². The predicted molar refractivity (Wildman–Crippen MR) is 178 cm³/mol. The molecule has 1 unspecified atom stereocenters. The summed E-state index contributed by atoms with van der Waals surface area (Å²) in [4.78, 5) is 35.2. The second kappa shape index (κ2) is 15.4. The van der Waals surface area contributed by atoms with Gasteiger partial charge in [-0.1, -0.05) is 58.0 Å². The maximum absolute atomic E-state index is 14.0. The Balaban J connectivity index is 1.56. The molecule has 1 saturated heterocycles. The van der Waals surface area contributed by atoms with Crippen molar-refractivity contribution in [2.24, 2.45) is 11.8 Å². The standard InChI is InChI=1S/C33H45N5O6S2/c1-22(2)18-37(46(43,44)28-13-11-27(39)12-14-28)20-30(40)29(17-25-9-7-6-8-10-25)35-32(41)31(23(3)4)38-16-15-36(33(38)42)19-26-21-45-24(5)34-26/h6-14,21-23,29-31,39-40H,15-20H2,1-5H3,(H,35,41)/t29-,30+,31?/m0/s1. The summed E-state index contributed by atoms with van der Waals surface area (Å²) in [6.45, 7) is 10.5. The fourth-order valence-corrected chi connectivity index (χ4v) is 7.91. The first kappa shape index (κ1) is 35.3. The number of aliphatic hydroxyl groups excluding tert-OH is 1. The summed E-state index contributed by atoms with van der Waals surface area (Å²) in [6, 6.07) is 12.7. The maximum atomic E-state index is 14.0.